The number of carbonyl (C=O) groups is 2. The van der Waals surface area contributed by atoms with Gasteiger partial charge in [0.25, 0.3) is 0 Å². The lowest BCUT2D eigenvalue weighted by molar-refractivity contribution is -0.148. The number of benzene rings is 1. The molecule has 0 aromatic heterocycles. The van der Waals surface area contributed by atoms with Gasteiger partial charge in [0, 0.05) is 6.42 Å². The molecule has 5 heteroatoms. The van der Waals surface area contributed by atoms with Crippen LogP contribution in [0.2, 0.25) is 0 Å². The van der Waals surface area contributed by atoms with Gasteiger partial charge in [-0.15, -0.1) is 0 Å². The third-order valence-corrected chi connectivity index (χ3v) is 2.45. The second-order valence-corrected chi connectivity index (χ2v) is 3.77. The number of aliphatic hydroxyl groups is 1. The zero-order chi connectivity index (χ0) is 12.3. The van der Waals surface area contributed by atoms with Crippen LogP contribution >= 0.6 is 0 Å². The van der Waals surface area contributed by atoms with Crippen LogP contribution in [0.15, 0.2) is 30.3 Å². The van der Waals surface area contributed by atoms with E-state index in [0.717, 1.165) is 0 Å². The van der Waals surface area contributed by atoms with E-state index in [1.807, 2.05) is 0 Å². The van der Waals surface area contributed by atoms with Crippen LogP contribution in [0.25, 0.3) is 0 Å². The molecule has 1 aromatic rings. The van der Waals surface area contributed by atoms with E-state index in [1.54, 1.807) is 30.3 Å². The van der Waals surface area contributed by atoms with Gasteiger partial charge in [-0.05, 0) is 12.1 Å². The number of hydrogen-bond acceptors (Lipinski definition) is 5. The van der Waals surface area contributed by atoms with Crippen LogP contribution in [0.3, 0.4) is 0 Å². The Kier molecular flexibility index (Phi) is 3.39. The van der Waals surface area contributed by atoms with Crippen molar-refractivity contribution >= 4 is 11.9 Å². The molecule has 5 nitrogen and oxygen atoms in total. The van der Waals surface area contributed by atoms with Crippen LogP contribution in [-0.4, -0.2) is 35.9 Å². The molecule has 1 aliphatic heterocycles. The minimum Gasteiger partial charge on any atom is -0.458 e. The summed E-state index contributed by atoms with van der Waals surface area (Å²) in [6.45, 7) is -0.0312. The van der Waals surface area contributed by atoms with Gasteiger partial charge in [0.05, 0.1) is 5.56 Å². The van der Waals surface area contributed by atoms with Crippen molar-refractivity contribution in [3.05, 3.63) is 35.9 Å². The average Bonchev–Trinajstić information content (AvgIpc) is 2.67. The molecule has 17 heavy (non-hydrogen) atoms. The number of aliphatic hydroxyl groups excluding tert-OH is 1. The SMILES string of the molecule is O=C(OCC1CC(O)C(=O)O1)c1ccccc1. The van der Waals surface area contributed by atoms with Gasteiger partial charge in [0.2, 0.25) is 0 Å². The van der Waals surface area contributed by atoms with Crippen molar-refractivity contribution in [2.45, 2.75) is 18.6 Å². The summed E-state index contributed by atoms with van der Waals surface area (Å²) in [5.41, 5.74) is 0.442. The molecule has 0 saturated carbocycles. The van der Waals surface area contributed by atoms with Crippen molar-refractivity contribution in [2.75, 3.05) is 6.61 Å². The molecule has 1 saturated heterocycles. The van der Waals surface area contributed by atoms with Gasteiger partial charge >= 0.3 is 11.9 Å². The summed E-state index contributed by atoms with van der Waals surface area (Å²) >= 11 is 0. The zero-order valence-corrected chi connectivity index (χ0v) is 9.04. The van der Waals surface area contributed by atoms with Gasteiger partial charge in [-0.3, -0.25) is 0 Å². The van der Waals surface area contributed by atoms with E-state index in [4.69, 9.17) is 14.6 Å². The number of esters is 2. The Morgan fingerprint density at radius 3 is 2.71 bits per heavy atom. The molecular weight excluding hydrogens is 224 g/mol. The Hall–Kier alpha value is -1.88. The molecule has 90 valence electrons. The normalized spacial score (nSPS) is 23.2. The van der Waals surface area contributed by atoms with Crippen LogP contribution < -0.4 is 0 Å². The van der Waals surface area contributed by atoms with Crippen LogP contribution in [-0.2, 0) is 14.3 Å². The van der Waals surface area contributed by atoms with Gasteiger partial charge in [0.1, 0.15) is 12.7 Å². The summed E-state index contributed by atoms with van der Waals surface area (Å²) in [4.78, 5) is 22.4. The Morgan fingerprint density at radius 1 is 1.41 bits per heavy atom. The fourth-order valence-electron chi connectivity index (χ4n) is 1.56. The van der Waals surface area contributed by atoms with Gasteiger partial charge < -0.3 is 14.6 Å². The highest BCUT2D eigenvalue weighted by molar-refractivity contribution is 5.89. The number of carbonyl (C=O) groups excluding carboxylic acids is 2. The van der Waals surface area contributed by atoms with Crippen molar-refractivity contribution in [3.63, 3.8) is 0 Å². The Morgan fingerprint density at radius 2 is 2.12 bits per heavy atom. The highest BCUT2D eigenvalue weighted by atomic mass is 16.6. The van der Waals surface area contributed by atoms with E-state index < -0.39 is 24.1 Å². The van der Waals surface area contributed by atoms with Crippen LogP contribution in [0.4, 0.5) is 0 Å². The first-order valence-electron chi connectivity index (χ1n) is 5.27. The molecule has 2 unspecified atom stereocenters. The van der Waals surface area contributed by atoms with Crippen molar-refractivity contribution < 1.29 is 24.2 Å². The predicted molar refractivity (Wildman–Crippen MR) is 57.2 cm³/mol. The monoisotopic (exact) mass is 236 g/mol. The molecule has 0 amide bonds. The third kappa shape index (κ3) is 2.82. The summed E-state index contributed by atoms with van der Waals surface area (Å²) in [7, 11) is 0. The maximum Gasteiger partial charge on any atom is 0.338 e. The summed E-state index contributed by atoms with van der Waals surface area (Å²) in [5, 5.41) is 9.14. The van der Waals surface area contributed by atoms with E-state index >= 15 is 0 Å². The first kappa shape index (κ1) is 11.6. The molecule has 1 aromatic carbocycles. The fraction of sp³-hybridized carbons (Fsp3) is 0.333. The van der Waals surface area contributed by atoms with Crippen LogP contribution in [0, 0.1) is 0 Å². The van der Waals surface area contributed by atoms with Gasteiger partial charge in [-0.1, -0.05) is 18.2 Å². The molecule has 1 fully saturated rings. The summed E-state index contributed by atoms with van der Waals surface area (Å²) < 4.78 is 9.78. The first-order valence-corrected chi connectivity index (χ1v) is 5.27. The van der Waals surface area contributed by atoms with Gasteiger partial charge in [0.15, 0.2) is 6.10 Å². The molecule has 1 N–H and O–H groups in total. The first-order chi connectivity index (χ1) is 8.16. The Balaban J connectivity index is 1.83. The topological polar surface area (TPSA) is 72.8 Å². The lowest BCUT2D eigenvalue weighted by Gasteiger charge is -2.09. The van der Waals surface area contributed by atoms with Crippen molar-refractivity contribution in [3.8, 4) is 0 Å². The van der Waals surface area contributed by atoms with E-state index in [1.165, 1.54) is 0 Å². The van der Waals surface area contributed by atoms with E-state index in [-0.39, 0.29) is 13.0 Å². The summed E-state index contributed by atoms with van der Waals surface area (Å²) in [6.07, 6.45) is -1.48. The number of hydrogen-bond donors (Lipinski definition) is 1. The standard InChI is InChI=1S/C12H12O5/c13-10-6-9(17-12(10)15)7-16-11(14)8-4-2-1-3-5-8/h1-5,9-10,13H,6-7H2. The quantitative estimate of drug-likeness (QED) is 0.774. The van der Waals surface area contributed by atoms with E-state index in [9.17, 15) is 9.59 Å². The van der Waals surface area contributed by atoms with Crippen LogP contribution in [0.5, 0.6) is 0 Å². The summed E-state index contributed by atoms with van der Waals surface area (Å²) in [5.74, 6) is -1.13. The second-order valence-electron chi connectivity index (χ2n) is 3.77. The largest absolute Gasteiger partial charge is 0.458 e. The molecule has 0 radical (unpaired) electrons. The maximum atomic E-state index is 11.5. The van der Waals surface area contributed by atoms with Gasteiger partial charge in [-0.25, -0.2) is 9.59 Å². The highest BCUT2D eigenvalue weighted by Gasteiger charge is 2.33. The lowest BCUT2D eigenvalue weighted by atomic mass is 10.2. The maximum absolute atomic E-state index is 11.5. The molecule has 2 atom stereocenters. The molecule has 0 bridgehead atoms. The fourth-order valence-corrected chi connectivity index (χ4v) is 1.56. The number of rotatable bonds is 3. The zero-order valence-electron chi connectivity index (χ0n) is 9.04. The summed E-state index contributed by atoms with van der Waals surface area (Å²) in [6, 6.07) is 8.54. The lowest BCUT2D eigenvalue weighted by Crippen LogP contribution is -2.18. The Bertz CT molecular complexity index is 414. The van der Waals surface area contributed by atoms with Crippen molar-refractivity contribution in [2.24, 2.45) is 0 Å². The molecule has 0 spiro atoms. The Labute approximate surface area is 98.0 Å². The molecule has 1 aliphatic rings. The highest BCUT2D eigenvalue weighted by Crippen LogP contribution is 2.15. The average molecular weight is 236 g/mol. The predicted octanol–water partition coefficient (Wildman–Crippen LogP) is 0.520. The third-order valence-electron chi connectivity index (χ3n) is 2.45. The molecule has 0 aliphatic carbocycles. The smallest absolute Gasteiger partial charge is 0.338 e. The number of cyclic esters (lactones) is 1. The second kappa shape index (κ2) is 4.97. The van der Waals surface area contributed by atoms with E-state index in [2.05, 4.69) is 0 Å². The van der Waals surface area contributed by atoms with Crippen molar-refractivity contribution in [1.29, 1.82) is 0 Å². The minimum atomic E-state index is -1.10. The van der Waals surface area contributed by atoms with E-state index in [0.29, 0.717) is 5.56 Å². The minimum absolute atomic E-state index is 0.0312. The van der Waals surface area contributed by atoms with Crippen molar-refractivity contribution in [1.82, 2.24) is 0 Å². The number of ether oxygens (including phenoxy) is 2. The molecule has 2 rings (SSSR count). The van der Waals surface area contributed by atoms with Gasteiger partial charge in [-0.2, -0.15) is 0 Å². The molecule has 1 heterocycles. The van der Waals surface area contributed by atoms with Crippen LogP contribution in [0.1, 0.15) is 16.8 Å². The molecular formula is C12H12O5.